The normalized spacial score (nSPS) is 19.6. The third-order valence-electron chi connectivity index (χ3n) is 2.43. The van der Waals surface area contributed by atoms with Gasteiger partial charge in [-0.15, -0.1) is 11.8 Å². The predicted octanol–water partition coefficient (Wildman–Crippen LogP) is 1.63. The molecule has 80 valence electrons. The van der Waals surface area contributed by atoms with Crippen LogP contribution in [0.25, 0.3) is 0 Å². The van der Waals surface area contributed by atoms with E-state index < -0.39 is 0 Å². The maximum atomic E-state index is 11.7. The Balaban J connectivity index is 2.30. The summed E-state index contributed by atoms with van der Waals surface area (Å²) in [4.78, 5) is 12.9. The van der Waals surface area contributed by atoms with E-state index in [1.54, 1.807) is 11.8 Å². The minimum absolute atomic E-state index is 0.0238. The van der Waals surface area contributed by atoms with E-state index in [0.29, 0.717) is 6.54 Å². The average Bonchev–Trinajstić information content (AvgIpc) is 2.21. The van der Waals surface area contributed by atoms with Gasteiger partial charge < -0.3 is 10.6 Å². The molecule has 2 N–H and O–H groups in total. The van der Waals surface area contributed by atoms with Crippen LogP contribution in [-0.2, 0) is 4.79 Å². The van der Waals surface area contributed by atoms with Crippen molar-refractivity contribution < 1.29 is 4.79 Å². The summed E-state index contributed by atoms with van der Waals surface area (Å²) in [5.41, 5.74) is 2.09. The van der Waals surface area contributed by atoms with Gasteiger partial charge in [-0.2, -0.15) is 0 Å². The van der Waals surface area contributed by atoms with Crippen LogP contribution < -0.4 is 10.6 Å². The summed E-state index contributed by atoms with van der Waals surface area (Å²) in [6.45, 7) is 2.71. The first-order valence-electron chi connectivity index (χ1n) is 4.94. The number of para-hydroxylation sites is 1. The Kier molecular flexibility index (Phi) is 2.98. The predicted molar refractivity (Wildman–Crippen MR) is 63.4 cm³/mol. The molecule has 3 nitrogen and oxygen atoms in total. The van der Waals surface area contributed by atoms with Crippen molar-refractivity contribution in [2.75, 3.05) is 18.9 Å². The lowest BCUT2D eigenvalue weighted by atomic mass is 10.2. The molecule has 1 heterocycles. The number of fused-ring (bicyclic) bond motifs is 1. The molecule has 0 fully saturated rings. The molecule has 1 aliphatic rings. The highest BCUT2D eigenvalue weighted by Crippen LogP contribution is 2.37. The Morgan fingerprint density at radius 2 is 2.33 bits per heavy atom. The molecule has 0 bridgehead atoms. The molecule has 0 saturated carbocycles. The zero-order valence-corrected chi connectivity index (χ0v) is 9.65. The Labute approximate surface area is 93.6 Å². The van der Waals surface area contributed by atoms with Crippen molar-refractivity contribution in [3.8, 4) is 0 Å². The van der Waals surface area contributed by atoms with Gasteiger partial charge in [-0.1, -0.05) is 12.1 Å². The van der Waals surface area contributed by atoms with Crippen LogP contribution in [0.1, 0.15) is 5.56 Å². The van der Waals surface area contributed by atoms with Gasteiger partial charge in [0.05, 0.1) is 5.69 Å². The number of anilines is 1. The van der Waals surface area contributed by atoms with Crippen LogP contribution in [0.15, 0.2) is 23.1 Å². The van der Waals surface area contributed by atoms with Gasteiger partial charge in [-0.05, 0) is 25.6 Å². The molecule has 0 aromatic heterocycles. The number of nitrogens with one attached hydrogen (secondary N) is 2. The Hall–Kier alpha value is -1.00. The van der Waals surface area contributed by atoms with E-state index in [-0.39, 0.29) is 11.2 Å². The summed E-state index contributed by atoms with van der Waals surface area (Å²) in [6, 6.07) is 6.09. The summed E-state index contributed by atoms with van der Waals surface area (Å²) in [5.74, 6) is 0.0937. The highest BCUT2D eigenvalue weighted by molar-refractivity contribution is 8.01. The Morgan fingerprint density at radius 1 is 1.53 bits per heavy atom. The van der Waals surface area contributed by atoms with Gasteiger partial charge in [-0.25, -0.2) is 0 Å². The fraction of sp³-hybridized carbons (Fsp3) is 0.364. The van der Waals surface area contributed by atoms with Crippen LogP contribution in [0, 0.1) is 6.92 Å². The van der Waals surface area contributed by atoms with E-state index in [2.05, 4.69) is 16.7 Å². The molecule has 2 rings (SSSR count). The molecule has 1 unspecified atom stereocenters. The first-order chi connectivity index (χ1) is 7.22. The van der Waals surface area contributed by atoms with Crippen molar-refractivity contribution in [1.29, 1.82) is 0 Å². The Bertz CT molecular complexity index is 392. The van der Waals surface area contributed by atoms with Crippen LogP contribution in [0.2, 0.25) is 0 Å². The lowest BCUT2D eigenvalue weighted by Gasteiger charge is -2.25. The monoisotopic (exact) mass is 222 g/mol. The van der Waals surface area contributed by atoms with Crippen LogP contribution in [0.3, 0.4) is 0 Å². The summed E-state index contributed by atoms with van der Waals surface area (Å²) < 4.78 is 0. The molecule has 1 amide bonds. The highest BCUT2D eigenvalue weighted by atomic mass is 32.2. The van der Waals surface area contributed by atoms with Gasteiger partial charge in [0.1, 0.15) is 5.25 Å². The van der Waals surface area contributed by atoms with Gasteiger partial charge in [0.15, 0.2) is 0 Å². The van der Waals surface area contributed by atoms with Gasteiger partial charge in [0.25, 0.3) is 0 Å². The smallest absolute Gasteiger partial charge is 0.239 e. The van der Waals surface area contributed by atoms with Crippen molar-refractivity contribution in [3.63, 3.8) is 0 Å². The van der Waals surface area contributed by atoms with Crippen LogP contribution in [-0.4, -0.2) is 24.7 Å². The molecule has 1 atom stereocenters. The molecular weight excluding hydrogens is 208 g/mol. The van der Waals surface area contributed by atoms with Crippen LogP contribution in [0.5, 0.6) is 0 Å². The molecule has 1 aliphatic heterocycles. The average molecular weight is 222 g/mol. The van der Waals surface area contributed by atoms with Crippen molar-refractivity contribution >= 4 is 23.4 Å². The molecule has 0 saturated heterocycles. The first kappa shape index (κ1) is 10.5. The minimum atomic E-state index is -0.0238. The summed E-state index contributed by atoms with van der Waals surface area (Å²) >= 11 is 1.63. The summed E-state index contributed by atoms with van der Waals surface area (Å²) in [6.07, 6.45) is 0. The molecule has 4 heteroatoms. The molecule has 15 heavy (non-hydrogen) atoms. The van der Waals surface area contributed by atoms with E-state index in [0.717, 1.165) is 16.1 Å². The van der Waals surface area contributed by atoms with E-state index in [9.17, 15) is 4.79 Å². The van der Waals surface area contributed by atoms with Crippen molar-refractivity contribution in [3.05, 3.63) is 23.8 Å². The van der Waals surface area contributed by atoms with Crippen LogP contribution >= 0.6 is 11.8 Å². The highest BCUT2D eigenvalue weighted by Gasteiger charge is 2.26. The van der Waals surface area contributed by atoms with Gasteiger partial charge in [-0.3, -0.25) is 4.79 Å². The SMILES string of the molecule is CNCC1Sc2cccc(C)c2NC1=O. The third kappa shape index (κ3) is 2.01. The number of carbonyl (C=O) groups excluding carboxylic acids is 1. The number of benzene rings is 1. The number of hydrogen-bond acceptors (Lipinski definition) is 3. The molecule has 1 aromatic carbocycles. The fourth-order valence-electron chi connectivity index (χ4n) is 1.63. The minimum Gasteiger partial charge on any atom is -0.324 e. The fourth-order valence-corrected chi connectivity index (χ4v) is 2.84. The van der Waals surface area contributed by atoms with Gasteiger partial charge >= 0.3 is 0 Å². The number of thioether (sulfide) groups is 1. The second kappa shape index (κ2) is 4.24. The van der Waals surface area contributed by atoms with Crippen molar-refractivity contribution in [2.24, 2.45) is 0 Å². The van der Waals surface area contributed by atoms with Crippen molar-refractivity contribution in [2.45, 2.75) is 17.1 Å². The molecule has 1 aromatic rings. The third-order valence-corrected chi connectivity index (χ3v) is 3.69. The maximum absolute atomic E-state index is 11.7. The quantitative estimate of drug-likeness (QED) is 0.799. The molecule has 0 radical (unpaired) electrons. The van der Waals surface area contributed by atoms with Crippen molar-refractivity contribution in [1.82, 2.24) is 5.32 Å². The molecule has 0 aliphatic carbocycles. The molecular formula is C11H14N2OS. The lowest BCUT2D eigenvalue weighted by molar-refractivity contribution is -0.115. The number of amides is 1. The topological polar surface area (TPSA) is 41.1 Å². The van der Waals surface area contributed by atoms with E-state index in [1.165, 1.54) is 0 Å². The Morgan fingerprint density at radius 3 is 3.07 bits per heavy atom. The second-order valence-electron chi connectivity index (χ2n) is 3.60. The van der Waals surface area contributed by atoms with E-state index in [4.69, 9.17) is 0 Å². The largest absolute Gasteiger partial charge is 0.324 e. The van der Waals surface area contributed by atoms with Gasteiger partial charge in [0.2, 0.25) is 5.91 Å². The molecule has 0 spiro atoms. The number of aryl methyl sites for hydroxylation is 1. The zero-order valence-electron chi connectivity index (χ0n) is 8.83. The van der Waals surface area contributed by atoms with E-state index in [1.807, 2.05) is 26.1 Å². The van der Waals surface area contributed by atoms with Gasteiger partial charge in [0, 0.05) is 11.4 Å². The number of rotatable bonds is 2. The lowest BCUT2D eigenvalue weighted by Crippen LogP contribution is -2.36. The zero-order chi connectivity index (χ0) is 10.8. The summed E-state index contributed by atoms with van der Waals surface area (Å²) in [7, 11) is 1.86. The standard InChI is InChI=1S/C11H14N2OS/c1-7-4-3-5-8-10(7)13-11(14)9(15-8)6-12-2/h3-5,9,12H,6H2,1-2H3,(H,13,14). The van der Waals surface area contributed by atoms with E-state index >= 15 is 0 Å². The second-order valence-corrected chi connectivity index (χ2v) is 4.85. The summed E-state index contributed by atoms with van der Waals surface area (Å²) in [5, 5.41) is 5.97. The maximum Gasteiger partial charge on any atom is 0.239 e. The number of carbonyl (C=O) groups is 1. The van der Waals surface area contributed by atoms with Crippen LogP contribution in [0.4, 0.5) is 5.69 Å². The first-order valence-corrected chi connectivity index (χ1v) is 5.82. The number of hydrogen-bond donors (Lipinski definition) is 2.